The van der Waals surface area contributed by atoms with E-state index in [0.29, 0.717) is 0 Å². The first kappa shape index (κ1) is 11.5. The molecule has 1 fully saturated rings. The van der Waals surface area contributed by atoms with Crippen molar-refractivity contribution < 1.29 is 4.79 Å². The molecule has 0 bridgehead atoms. The molecule has 1 saturated carbocycles. The zero-order valence-electron chi connectivity index (χ0n) is 10.6. The summed E-state index contributed by atoms with van der Waals surface area (Å²) in [7, 11) is 1.97. The number of fused-ring (bicyclic) bond motifs is 1. The van der Waals surface area contributed by atoms with Gasteiger partial charge in [0.2, 0.25) is 0 Å². The molecule has 0 amide bonds. The van der Waals surface area contributed by atoms with Crippen molar-refractivity contribution in [2.45, 2.75) is 31.2 Å². The van der Waals surface area contributed by atoms with Crippen molar-refractivity contribution in [2.24, 2.45) is 12.8 Å². The minimum absolute atomic E-state index is 0.108. The van der Waals surface area contributed by atoms with Gasteiger partial charge in [-0.05, 0) is 18.9 Å². The number of Topliss-reactive ketones (excluding diaryl/α,β-unsaturated/α-hetero) is 1. The third-order valence-electron chi connectivity index (χ3n) is 4.09. The monoisotopic (exact) mass is 242 g/mol. The van der Waals surface area contributed by atoms with Crippen LogP contribution in [0.2, 0.25) is 0 Å². The van der Waals surface area contributed by atoms with Crippen LogP contribution in [0.1, 0.15) is 36.0 Å². The zero-order valence-corrected chi connectivity index (χ0v) is 10.6. The van der Waals surface area contributed by atoms with E-state index in [0.717, 1.165) is 42.1 Å². The van der Waals surface area contributed by atoms with Gasteiger partial charge in [-0.15, -0.1) is 0 Å². The van der Waals surface area contributed by atoms with Crippen LogP contribution in [0.3, 0.4) is 0 Å². The summed E-state index contributed by atoms with van der Waals surface area (Å²) in [5, 5.41) is 1.02. The minimum Gasteiger partial charge on any atom is -0.350 e. The molecule has 0 atom stereocenters. The molecule has 94 valence electrons. The lowest BCUT2D eigenvalue weighted by atomic mass is 9.88. The molecule has 0 unspecified atom stereocenters. The first-order chi connectivity index (χ1) is 8.62. The normalized spacial score (nSPS) is 18.3. The number of hydrogen-bond acceptors (Lipinski definition) is 2. The van der Waals surface area contributed by atoms with Crippen molar-refractivity contribution in [1.29, 1.82) is 0 Å². The number of rotatable bonds is 2. The number of aromatic nitrogens is 1. The molecule has 0 saturated heterocycles. The highest BCUT2D eigenvalue weighted by atomic mass is 16.1. The van der Waals surface area contributed by atoms with Crippen molar-refractivity contribution in [3.63, 3.8) is 0 Å². The van der Waals surface area contributed by atoms with Crippen LogP contribution in [0.4, 0.5) is 0 Å². The molecule has 0 aliphatic heterocycles. The van der Waals surface area contributed by atoms with Gasteiger partial charge in [-0.25, -0.2) is 0 Å². The molecule has 0 spiro atoms. The minimum atomic E-state index is -0.635. The summed E-state index contributed by atoms with van der Waals surface area (Å²) in [6.07, 6.45) is 5.67. The predicted octanol–water partition coefficient (Wildman–Crippen LogP) is 2.63. The first-order valence-corrected chi connectivity index (χ1v) is 6.49. The summed E-state index contributed by atoms with van der Waals surface area (Å²) in [5.74, 6) is 0.108. The molecule has 1 aliphatic carbocycles. The molecule has 1 aromatic carbocycles. The average molecular weight is 242 g/mol. The van der Waals surface area contributed by atoms with Gasteiger partial charge < -0.3 is 10.3 Å². The first-order valence-electron chi connectivity index (χ1n) is 6.49. The van der Waals surface area contributed by atoms with Gasteiger partial charge >= 0.3 is 0 Å². The van der Waals surface area contributed by atoms with Gasteiger partial charge in [0.25, 0.3) is 0 Å². The Morgan fingerprint density at radius 1 is 1.28 bits per heavy atom. The van der Waals surface area contributed by atoms with E-state index in [9.17, 15) is 4.79 Å². The Bertz CT molecular complexity index is 606. The fourth-order valence-corrected chi connectivity index (χ4v) is 3.02. The number of nitrogens with zero attached hydrogens (tertiary/aromatic N) is 1. The number of hydrogen-bond donors (Lipinski definition) is 1. The van der Waals surface area contributed by atoms with Gasteiger partial charge in [0.1, 0.15) is 0 Å². The molecule has 1 aliphatic rings. The third-order valence-corrected chi connectivity index (χ3v) is 4.09. The molecule has 1 heterocycles. The number of ketones is 1. The van der Waals surface area contributed by atoms with Crippen LogP contribution < -0.4 is 5.73 Å². The maximum Gasteiger partial charge on any atom is 0.184 e. The van der Waals surface area contributed by atoms with Crippen molar-refractivity contribution in [3.8, 4) is 0 Å². The second-order valence-electron chi connectivity index (χ2n) is 5.36. The maximum atomic E-state index is 12.7. The van der Waals surface area contributed by atoms with Gasteiger partial charge in [-0.2, -0.15) is 0 Å². The largest absolute Gasteiger partial charge is 0.350 e. The van der Waals surface area contributed by atoms with Crippen LogP contribution >= 0.6 is 0 Å². The molecular weight excluding hydrogens is 224 g/mol. The standard InChI is InChI=1S/C15H18N2O/c1-17-10-12(11-6-2-3-7-13(11)17)14(18)15(16)8-4-5-9-15/h2-3,6-7,10H,4-5,8-9,16H2,1H3. The van der Waals surface area contributed by atoms with E-state index in [1.807, 2.05) is 42.1 Å². The van der Waals surface area contributed by atoms with Gasteiger partial charge in [0, 0.05) is 29.7 Å². The highest BCUT2D eigenvalue weighted by molar-refractivity contribution is 6.12. The lowest BCUT2D eigenvalue weighted by Crippen LogP contribution is -2.45. The van der Waals surface area contributed by atoms with Gasteiger partial charge in [0.05, 0.1) is 5.54 Å². The number of aryl methyl sites for hydroxylation is 1. The lowest BCUT2D eigenvalue weighted by Gasteiger charge is -2.21. The van der Waals surface area contributed by atoms with E-state index >= 15 is 0 Å². The third kappa shape index (κ3) is 1.58. The van der Waals surface area contributed by atoms with E-state index < -0.39 is 5.54 Å². The SMILES string of the molecule is Cn1cc(C(=O)C2(N)CCCC2)c2ccccc21. The quantitative estimate of drug-likeness (QED) is 0.823. The van der Waals surface area contributed by atoms with Crippen LogP contribution in [0.25, 0.3) is 10.9 Å². The van der Waals surface area contributed by atoms with E-state index in [1.54, 1.807) is 0 Å². The second-order valence-corrected chi connectivity index (χ2v) is 5.36. The predicted molar refractivity (Wildman–Crippen MR) is 72.6 cm³/mol. The van der Waals surface area contributed by atoms with E-state index in [-0.39, 0.29) is 5.78 Å². The van der Waals surface area contributed by atoms with E-state index in [1.165, 1.54) is 0 Å². The second kappa shape index (κ2) is 3.95. The van der Waals surface area contributed by atoms with Crippen molar-refractivity contribution in [3.05, 3.63) is 36.0 Å². The highest BCUT2D eigenvalue weighted by Crippen LogP contribution is 2.33. The molecule has 3 rings (SSSR count). The van der Waals surface area contributed by atoms with E-state index in [2.05, 4.69) is 0 Å². The Morgan fingerprint density at radius 2 is 1.94 bits per heavy atom. The topological polar surface area (TPSA) is 48.0 Å². The van der Waals surface area contributed by atoms with E-state index in [4.69, 9.17) is 5.73 Å². The number of benzene rings is 1. The zero-order chi connectivity index (χ0) is 12.8. The Balaban J connectivity index is 2.12. The Labute approximate surface area is 107 Å². The number of carbonyl (C=O) groups excluding carboxylic acids is 1. The molecule has 1 aromatic heterocycles. The van der Waals surface area contributed by atoms with Gasteiger partial charge in [-0.1, -0.05) is 31.0 Å². The molecule has 0 radical (unpaired) electrons. The van der Waals surface area contributed by atoms with Crippen LogP contribution in [0.5, 0.6) is 0 Å². The average Bonchev–Trinajstić information content (AvgIpc) is 2.95. The van der Waals surface area contributed by atoms with Gasteiger partial charge in [-0.3, -0.25) is 4.79 Å². The molecule has 2 aromatic rings. The smallest absolute Gasteiger partial charge is 0.184 e. The number of para-hydroxylation sites is 1. The molecule has 18 heavy (non-hydrogen) atoms. The lowest BCUT2D eigenvalue weighted by molar-refractivity contribution is 0.0893. The number of nitrogens with two attached hydrogens (primary N) is 1. The summed E-state index contributed by atoms with van der Waals surface area (Å²) >= 11 is 0. The van der Waals surface area contributed by atoms with Crippen LogP contribution in [0.15, 0.2) is 30.5 Å². The molecule has 3 heteroatoms. The summed E-state index contributed by atoms with van der Waals surface area (Å²) in [4.78, 5) is 12.7. The summed E-state index contributed by atoms with van der Waals surface area (Å²) in [5.41, 5.74) is 7.50. The number of carbonyl (C=O) groups is 1. The molecule has 2 N–H and O–H groups in total. The maximum absolute atomic E-state index is 12.7. The summed E-state index contributed by atoms with van der Waals surface area (Å²) < 4.78 is 2.00. The Kier molecular flexibility index (Phi) is 2.52. The fraction of sp³-hybridized carbons (Fsp3) is 0.400. The molecular formula is C15H18N2O. The fourth-order valence-electron chi connectivity index (χ4n) is 3.02. The summed E-state index contributed by atoms with van der Waals surface area (Å²) in [6, 6.07) is 7.99. The van der Waals surface area contributed by atoms with Crippen molar-refractivity contribution in [2.75, 3.05) is 0 Å². The highest BCUT2D eigenvalue weighted by Gasteiger charge is 2.38. The van der Waals surface area contributed by atoms with Crippen LogP contribution in [0, 0.1) is 0 Å². The Hall–Kier alpha value is -1.61. The molecule has 3 nitrogen and oxygen atoms in total. The van der Waals surface area contributed by atoms with Crippen molar-refractivity contribution >= 4 is 16.7 Å². The van der Waals surface area contributed by atoms with Crippen LogP contribution in [-0.2, 0) is 7.05 Å². The van der Waals surface area contributed by atoms with Crippen LogP contribution in [-0.4, -0.2) is 15.9 Å². The Morgan fingerprint density at radius 3 is 2.67 bits per heavy atom. The van der Waals surface area contributed by atoms with Gasteiger partial charge in [0.15, 0.2) is 5.78 Å². The summed E-state index contributed by atoms with van der Waals surface area (Å²) in [6.45, 7) is 0. The van der Waals surface area contributed by atoms with Crippen molar-refractivity contribution in [1.82, 2.24) is 4.57 Å².